The smallest absolute Gasteiger partial charge is 0.141 e. The molecule has 0 aliphatic carbocycles. The average molecular weight is 255 g/mol. The van der Waals surface area contributed by atoms with Crippen LogP contribution in [0.15, 0.2) is 24.3 Å². The van der Waals surface area contributed by atoms with Crippen molar-refractivity contribution in [2.45, 2.75) is 6.10 Å². The molecule has 1 unspecified atom stereocenters. The third-order valence-corrected chi connectivity index (χ3v) is 2.38. The Bertz CT molecular complexity index is 333. The monoisotopic (exact) mass is 255 g/mol. The molecule has 102 valence electrons. The number of aliphatic hydroxyl groups is 1. The van der Waals surface area contributed by atoms with Gasteiger partial charge in [-0.25, -0.2) is 0 Å². The summed E-state index contributed by atoms with van der Waals surface area (Å²) in [6.45, 7) is 1.72. The van der Waals surface area contributed by atoms with E-state index in [1.54, 1.807) is 14.2 Å². The van der Waals surface area contributed by atoms with Crippen LogP contribution in [0.1, 0.15) is 0 Å². The van der Waals surface area contributed by atoms with Gasteiger partial charge in [-0.2, -0.15) is 0 Å². The highest BCUT2D eigenvalue weighted by molar-refractivity contribution is 5.56. The van der Waals surface area contributed by atoms with Gasteiger partial charge in [-0.1, -0.05) is 12.1 Å². The minimum absolute atomic E-state index is 0.283. The molecule has 1 aromatic carbocycles. The van der Waals surface area contributed by atoms with Crippen LogP contribution >= 0.6 is 0 Å². The molecule has 0 bridgehead atoms. The predicted molar refractivity (Wildman–Crippen MR) is 70.2 cm³/mol. The Morgan fingerprint density at radius 2 is 2.00 bits per heavy atom. The molecule has 0 amide bonds. The summed E-state index contributed by atoms with van der Waals surface area (Å²) in [5.41, 5.74) is 0.857. The van der Waals surface area contributed by atoms with Gasteiger partial charge < -0.3 is 24.6 Å². The van der Waals surface area contributed by atoms with Crippen LogP contribution in [-0.4, -0.2) is 51.8 Å². The number of hydrogen-bond donors (Lipinski definition) is 2. The first kappa shape index (κ1) is 14.8. The lowest BCUT2D eigenvalue weighted by Crippen LogP contribution is -2.25. The van der Waals surface area contributed by atoms with E-state index < -0.39 is 6.10 Å². The summed E-state index contributed by atoms with van der Waals surface area (Å²) in [4.78, 5) is 0. The molecule has 0 heterocycles. The Morgan fingerprint density at radius 3 is 2.72 bits per heavy atom. The third-order valence-electron chi connectivity index (χ3n) is 2.38. The van der Waals surface area contributed by atoms with E-state index in [2.05, 4.69) is 5.32 Å². The summed E-state index contributed by atoms with van der Waals surface area (Å²) in [5.74, 6) is 0.755. The van der Waals surface area contributed by atoms with Crippen molar-refractivity contribution in [2.24, 2.45) is 0 Å². The maximum absolute atomic E-state index is 9.70. The maximum atomic E-state index is 9.70. The first-order valence-electron chi connectivity index (χ1n) is 5.89. The highest BCUT2D eigenvalue weighted by atomic mass is 16.5. The van der Waals surface area contributed by atoms with Gasteiger partial charge in [-0.05, 0) is 12.1 Å². The molecule has 5 nitrogen and oxygen atoms in total. The molecule has 0 spiro atoms. The van der Waals surface area contributed by atoms with E-state index in [0.717, 1.165) is 11.4 Å². The van der Waals surface area contributed by atoms with E-state index in [-0.39, 0.29) is 6.61 Å². The van der Waals surface area contributed by atoms with Gasteiger partial charge >= 0.3 is 0 Å². The normalized spacial score (nSPS) is 12.2. The fourth-order valence-electron chi connectivity index (χ4n) is 1.44. The fraction of sp³-hybridized carbons (Fsp3) is 0.538. The molecule has 2 N–H and O–H groups in total. The summed E-state index contributed by atoms with van der Waals surface area (Å²) in [6.07, 6.45) is -0.563. The molecule has 0 aliphatic rings. The van der Waals surface area contributed by atoms with Crippen LogP contribution < -0.4 is 10.1 Å². The molecule has 1 aromatic rings. The van der Waals surface area contributed by atoms with E-state index in [1.807, 2.05) is 24.3 Å². The van der Waals surface area contributed by atoms with E-state index in [4.69, 9.17) is 14.2 Å². The van der Waals surface area contributed by atoms with Gasteiger partial charge in [0.2, 0.25) is 0 Å². The molecule has 0 fully saturated rings. The van der Waals surface area contributed by atoms with Crippen LogP contribution in [-0.2, 0) is 9.47 Å². The molecule has 1 rings (SSSR count). The molecule has 18 heavy (non-hydrogen) atoms. The van der Waals surface area contributed by atoms with Gasteiger partial charge in [0.15, 0.2) is 0 Å². The predicted octanol–water partition coefficient (Wildman–Crippen LogP) is 1.13. The minimum Gasteiger partial charge on any atom is -0.495 e. The molecule has 0 saturated heterocycles. The summed E-state index contributed by atoms with van der Waals surface area (Å²) in [5, 5.41) is 12.8. The maximum Gasteiger partial charge on any atom is 0.141 e. The van der Waals surface area contributed by atoms with Crippen molar-refractivity contribution in [3.8, 4) is 5.75 Å². The fourth-order valence-corrected chi connectivity index (χ4v) is 1.44. The topological polar surface area (TPSA) is 60.0 Å². The lowest BCUT2D eigenvalue weighted by Gasteiger charge is -2.15. The molecule has 0 saturated carbocycles. The van der Waals surface area contributed by atoms with Crippen LogP contribution in [0.5, 0.6) is 5.75 Å². The van der Waals surface area contributed by atoms with E-state index in [9.17, 15) is 5.11 Å². The first-order valence-corrected chi connectivity index (χ1v) is 5.89. The second-order valence-electron chi connectivity index (χ2n) is 3.80. The molecule has 0 radical (unpaired) electrons. The van der Waals surface area contributed by atoms with Crippen LogP contribution in [0.2, 0.25) is 0 Å². The Morgan fingerprint density at radius 1 is 1.22 bits per heavy atom. The second kappa shape index (κ2) is 8.74. The molecule has 0 aliphatic heterocycles. The van der Waals surface area contributed by atoms with Crippen molar-refractivity contribution in [3.63, 3.8) is 0 Å². The van der Waals surface area contributed by atoms with Gasteiger partial charge in [0.05, 0.1) is 38.7 Å². The van der Waals surface area contributed by atoms with Crippen LogP contribution in [0.3, 0.4) is 0 Å². The quantitative estimate of drug-likeness (QED) is 0.648. The van der Waals surface area contributed by atoms with Crippen molar-refractivity contribution in [3.05, 3.63) is 24.3 Å². The Kier molecular flexibility index (Phi) is 7.17. The lowest BCUT2D eigenvalue weighted by atomic mass is 10.2. The molecule has 5 heteroatoms. The number of nitrogens with one attached hydrogen (secondary N) is 1. The second-order valence-corrected chi connectivity index (χ2v) is 3.80. The number of benzene rings is 1. The number of methoxy groups -OCH3 is 2. The Labute approximate surface area is 108 Å². The molecular formula is C13H21NO4. The number of aliphatic hydroxyl groups excluding tert-OH is 1. The highest BCUT2D eigenvalue weighted by Gasteiger charge is 2.06. The largest absolute Gasteiger partial charge is 0.495 e. The Hall–Kier alpha value is -1.30. The van der Waals surface area contributed by atoms with Crippen LogP contribution in [0.4, 0.5) is 5.69 Å². The van der Waals surface area contributed by atoms with Gasteiger partial charge in [0.1, 0.15) is 5.75 Å². The van der Waals surface area contributed by atoms with E-state index >= 15 is 0 Å². The SMILES string of the molecule is COCCOCC(O)CNc1ccccc1OC. The standard InChI is InChI=1S/C13H21NO4/c1-16-7-8-18-10-11(15)9-14-12-5-3-4-6-13(12)17-2/h3-6,11,14-15H,7-10H2,1-2H3. The van der Waals surface area contributed by atoms with Crippen LogP contribution in [0, 0.1) is 0 Å². The van der Waals surface area contributed by atoms with Crippen molar-refractivity contribution >= 4 is 5.69 Å². The van der Waals surface area contributed by atoms with Gasteiger partial charge in [0.25, 0.3) is 0 Å². The van der Waals surface area contributed by atoms with Crippen molar-refractivity contribution in [1.29, 1.82) is 0 Å². The number of ether oxygens (including phenoxy) is 3. The molecular weight excluding hydrogens is 234 g/mol. The summed E-state index contributed by atoms with van der Waals surface area (Å²) >= 11 is 0. The van der Waals surface area contributed by atoms with Gasteiger partial charge in [-0.15, -0.1) is 0 Å². The summed E-state index contributed by atoms with van der Waals surface area (Å²) in [7, 11) is 3.23. The lowest BCUT2D eigenvalue weighted by molar-refractivity contribution is 0.0182. The zero-order valence-electron chi connectivity index (χ0n) is 10.9. The number of anilines is 1. The number of rotatable bonds is 9. The van der Waals surface area contributed by atoms with Crippen LogP contribution in [0.25, 0.3) is 0 Å². The Balaban J connectivity index is 2.26. The van der Waals surface area contributed by atoms with Crippen molar-refractivity contribution in [2.75, 3.05) is 45.9 Å². The minimum atomic E-state index is -0.563. The van der Waals surface area contributed by atoms with Crippen molar-refractivity contribution in [1.82, 2.24) is 0 Å². The van der Waals surface area contributed by atoms with Gasteiger partial charge in [-0.3, -0.25) is 0 Å². The van der Waals surface area contributed by atoms with E-state index in [0.29, 0.717) is 19.8 Å². The number of para-hydroxylation sites is 2. The summed E-state index contributed by atoms with van der Waals surface area (Å²) in [6, 6.07) is 7.57. The first-order chi connectivity index (χ1) is 8.77. The molecule has 1 atom stereocenters. The number of hydrogen-bond acceptors (Lipinski definition) is 5. The van der Waals surface area contributed by atoms with Crippen molar-refractivity contribution < 1.29 is 19.3 Å². The van der Waals surface area contributed by atoms with E-state index in [1.165, 1.54) is 0 Å². The molecule has 0 aromatic heterocycles. The zero-order valence-corrected chi connectivity index (χ0v) is 10.9. The third kappa shape index (κ3) is 5.35. The highest BCUT2D eigenvalue weighted by Crippen LogP contribution is 2.22. The summed E-state index contributed by atoms with van der Waals surface area (Å²) < 4.78 is 15.3. The zero-order chi connectivity index (χ0) is 13.2. The average Bonchev–Trinajstić information content (AvgIpc) is 2.41. The van der Waals surface area contributed by atoms with Gasteiger partial charge in [0, 0.05) is 13.7 Å².